The number of aromatic hydroxyl groups is 8. The largest absolute Gasteiger partial charge is 0.508 e. The van der Waals surface area contributed by atoms with Gasteiger partial charge in [0.05, 0.1) is 0 Å². The van der Waals surface area contributed by atoms with Gasteiger partial charge in [-0.1, -0.05) is 0 Å². The molecule has 0 aliphatic rings. The number of carboxylic acids is 2. The summed E-state index contributed by atoms with van der Waals surface area (Å²) in [5.74, 6) is -4.78. The third-order valence-corrected chi connectivity index (χ3v) is 6.48. The second kappa shape index (κ2) is 14.4. The van der Waals surface area contributed by atoms with E-state index in [9.17, 15) is 60.0 Å². The van der Waals surface area contributed by atoms with Crippen LogP contribution in [0.4, 0.5) is 0 Å². The maximum Gasteiger partial charge on any atom is 0.328 e. The number of hydrogen-bond donors (Lipinski definition) is 10. The van der Waals surface area contributed by atoms with Crippen molar-refractivity contribution in [3.8, 4) is 68.6 Å². The molecule has 0 fully saturated rings. The summed E-state index contributed by atoms with van der Waals surface area (Å²) in [5, 5.41) is 91.3. The van der Waals surface area contributed by atoms with Crippen molar-refractivity contribution in [3.63, 3.8) is 0 Å². The van der Waals surface area contributed by atoms with Crippen molar-refractivity contribution >= 4 is 33.9 Å². The lowest BCUT2D eigenvalue weighted by Gasteiger charge is -2.06. The van der Waals surface area contributed by atoms with E-state index >= 15 is 0 Å². The van der Waals surface area contributed by atoms with Crippen LogP contribution in [0, 0.1) is 0 Å². The van der Waals surface area contributed by atoms with Crippen LogP contribution in [0.2, 0.25) is 0 Å². The Hall–Kier alpha value is -7.62. The van der Waals surface area contributed by atoms with E-state index < -0.39 is 22.8 Å². The molecule has 0 amide bonds. The van der Waals surface area contributed by atoms with Crippen molar-refractivity contribution in [2.45, 2.75) is 0 Å². The van der Waals surface area contributed by atoms with Crippen LogP contribution in [0.25, 0.3) is 44.6 Å². The Bertz CT molecular complexity index is 2250. The van der Waals surface area contributed by atoms with E-state index in [4.69, 9.17) is 19.0 Å². The summed E-state index contributed by atoms with van der Waals surface area (Å²) in [6, 6.07) is 14.7. The zero-order valence-corrected chi connectivity index (χ0v) is 25.0. The number of aliphatic carboxylic acids is 2. The maximum atomic E-state index is 12.0. The Labute approximate surface area is 277 Å². The fourth-order valence-electron chi connectivity index (χ4n) is 4.29. The molecule has 0 saturated heterocycles. The molecule has 0 aliphatic carbocycles. The van der Waals surface area contributed by atoms with Crippen molar-refractivity contribution in [3.05, 3.63) is 105 Å². The van der Waals surface area contributed by atoms with Crippen LogP contribution in [0.5, 0.6) is 46.0 Å². The van der Waals surface area contributed by atoms with Crippen molar-refractivity contribution in [1.29, 1.82) is 0 Å². The fraction of sp³-hybridized carbons (Fsp3) is 0. The molecule has 0 aliphatic heterocycles. The van der Waals surface area contributed by atoms with Gasteiger partial charge >= 0.3 is 11.9 Å². The Morgan fingerprint density at radius 1 is 0.460 bits per heavy atom. The number of fused-ring (bicyclic) bond motifs is 2. The van der Waals surface area contributed by atoms with E-state index in [0.29, 0.717) is 23.3 Å². The molecule has 0 spiro atoms. The first-order valence-electron chi connectivity index (χ1n) is 13.7. The standard InChI is InChI=1S/2C15H10O6.C4H4O4/c2*16-8-4-11(19)15-12(20)6-13(21-14(15)5-8)7-1-2-9(17)10(18)3-7;5-3(6)1-2-4(7)8/h2*1-6,16-19H;1-2H,(H,5,6)(H,7,8)/b;;2-1-. The van der Waals surface area contributed by atoms with Crippen molar-refractivity contribution in [1.82, 2.24) is 0 Å². The van der Waals surface area contributed by atoms with Crippen molar-refractivity contribution in [2.24, 2.45) is 0 Å². The molecule has 10 N–H and O–H groups in total. The summed E-state index contributed by atoms with van der Waals surface area (Å²) in [7, 11) is 0. The fourth-order valence-corrected chi connectivity index (χ4v) is 4.29. The molecule has 2 aromatic heterocycles. The first kappa shape index (κ1) is 35.2. The second-order valence-electron chi connectivity index (χ2n) is 10.0. The average molecular weight is 689 g/mol. The predicted octanol–water partition coefficient (Wildman–Crippen LogP) is 4.28. The molecule has 256 valence electrons. The zero-order chi connectivity index (χ0) is 36.9. The molecule has 6 aromatic rings. The molecule has 50 heavy (non-hydrogen) atoms. The number of hydrogen-bond acceptors (Lipinski definition) is 14. The van der Waals surface area contributed by atoms with Crippen LogP contribution >= 0.6 is 0 Å². The molecule has 0 bridgehead atoms. The van der Waals surface area contributed by atoms with E-state index in [1.165, 1.54) is 48.5 Å². The second-order valence-corrected chi connectivity index (χ2v) is 10.0. The number of phenolic OH excluding ortho intramolecular Hbond substituents is 8. The lowest BCUT2D eigenvalue weighted by atomic mass is 10.1. The number of rotatable bonds is 4. The minimum atomic E-state index is -1.26. The van der Waals surface area contributed by atoms with Gasteiger partial charge in [-0.3, -0.25) is 9.59 Å². The summed E-state index contributed by atoms with van der Waals surface area (Å²) < 4.78 is 10.9. The molecule has 0 radical (unpaired) electrons. The highest BCUT2D eigenvalue weighted by Gasteiger charge is 2.14. The van der Waals surface area contributed by atoms with Gasteiger partial charge in [0.2, 0.25) is 0 Å². The summed E-state index contributed by atoms with van der Waals surface area (Å²) in [4.78, 5) is 43.2. The molecule has 6 rings (SSSR count). The van der Waals surface area contributed by atoms with E-state index in [-0.39, 0.29) is 79.5 Å². The van der Waals surface area contributed by atoms with Crippen LogP contribution in [0.1, 0.15) is 0 Å². The van der Waals surface area contributed by atoms with E-state index in [1.807, 2.05) is 0 Å². The molecule has 0 atom stereocenters. The van der Waals surface area contributed by atoms with Gasteiger partial charge in [0.15, 0.2) is 33.9 Å². The van der Waals surface area contributed by atoms with E-state index in [2.05, 4.69) is 0 Å². The topological polar surface area (TPSA) is 297 Å². The summed E-state index contributed by atoms with van der Waals surface area (Å²) >= 11 is 0. The quantitative estimate of drug-likeness (QED) is 0.0913. The van der Waals surface area contributed by atoms with Crippen molar-refractivity contribution in [2.75, 3.05) is 0 Å². The highest BCUT2D eigenvalue weighted by atomic mass is 16.4. The predicted molar refractivity (Wildman–Crippen MR) is 174 cm³/mol. The van der Waals surface area contributed by atoms with Crippen LogP contribution in [0.3, 0.4) is 0 Å². The lowest BCUT2D eigenvalue weighted by molar-refractivity contribution is -0.134. The Morgan fingerprint density at radius 3 is 1.14 bits per heavy atom. The Morgan fingerprint density at radius 2 is 0.820 bits per heavy atom. The number of carboxylic acid groups (broad SMARTS) is 2. The van der Waals surface area contributed by atoms with Gasteiger partial charge in [-0.2, -0.15) is 0 Å². The molecule has 0 unspecified atom stereocenters. The molecule has 2 heterocycles. The van der Waals surface area contributed by atoms with Gasteiger partial charge in [-0.15, -0.1) is 0 Å². The minimum absolute atomic E-state index is 0.0163. The molecule has 4 aromatic carbocycles. The smallest absolute Gasteiger partial charge is 0.328 e. The monoisotopic (exact) mass is 688 g/mol. The van der Waals surface area contributed by atoms with E-state index in [0.717, 1.165) is 24.3 Å². The third kappa shape index (κ3) is 8.20. The summed E-state index contributed by atoms with van der Waals surface area (Å²) in [6.07, 6.45) is 1.12. The number of phenols is 8. The molecule has 16 nitrogen and oxygen atoms in total. The SMILES string of the molecule is O=C(O)/C=C\C(=O)O.O=c1cc(-c2ccc(O)c(O)c2)oc2cc(O)cc(O)c12.O=c1cc(-c2ccc(O)c(O)c2)oc2cc(O)cc(O)c12. The Kier molecular flexibility index (Phi) is 10.2. The third-order valence-electron chi connectivity index (χ3n) is 6.48. The van der Waals surface area contributed by atoms with Gasteiger partial charge in [-0.25, -0.2) is 9.59 Å². The first-order valence-corrected chi connectivity index (χ1v) is 13.7. The Balaban J connectivity index is 0.000000186. The number of carbonyl (C=O) groups is 2. The molecule has 0 saturated carbocycles. The molecular formula is C34H24O16. The molecule has 16 heteroatoms. The number of benzene rings is 4. The average Bonchev–Trinajstić information content (AvgIpc) is 3.02. The highest BCUT2D eigenvalue weighted by molar-refractivity contribution is 5.90. The summed E-state index contributed by atoms with van der Waals surface area (Å²) in [6.45, 7) is 0. The lowest BCUT2D eigenvalue weighted by Crippen LogP contribution is -2.00. The molecular weight excluding hydrogens is 664 g/mol. The first-order chi connectivity index (χ1) is 23.5. The van der Waals surface area contributed by atoms with Gasteiger partial charge in [-0.05, 0) is 36.4 Å². The minimum Gasteiger partial charge on any atom is -0.508 e. The van der Waals surface area contributed by atoms with Crippen LogP contribution in [-0.2, 0) is 9.59 Å². The zero-order valence-electron chi connectivity index (χ0n) is 25.0. The highest BCUT2D eigenvalue weighted by Crippen LogP contribution is 2.35. The van der Waals surface area contributed by atoms with Gasteiger partial charge in [0, 0.05) is 59.7 Å². The van der Waals surface area contributed by atoms with Crippen molar-refractivity contribution < 1.29 is 69.5 Å². The van der Waals surface area contributed by atoms with Crippen LogP contribution < -0.4 is 10.9 Å². The van der Waals surface area contributed by atoms with E-state index in [1.54, 1.807) is 0 Å². The van der Waals surface area contributed by atoms with Gasteiger partial charge in [0.25, 0.3) is 0 Å². The van der Waals surface area contributed by atoms with Crippen LogP contribution in [-0.4, -0.2) is 63.0 Å². The summed E-state index contributed by atoms with van der Waals surface area (Å²) in [5.41, 5.74) is -0.211. The maximum absolute atomic E-state index is 12.0. The van der Waals surface area contributed by atoms with Gasteiger partial charge < -0.3 is 59.9 Å². The normalized spacial score (nSPS) is 10.6. The van der Waals surface area contributed by atoms with Gasteiger partial charge in [0.1, 0.15) is 56.5 Å². The van der Waals surface area contributed by atoms with Crippen LogP contribution in [0.15, 0.2) is 103 Å².